The molecule has 0 aliphatic carbocycles. The molecule has 3 fully saturated rings. The molecule has 0 saturated carbocycles. The molecular formula is C76H86BrN23O6. The normalized spacial score (nSPS) is 16.2. The van der Waals surface area contributed by atoms with E-state index in [0.29, 0.717) is 94.4 Å². The summed E-state index contributed by atoms with van der Waals surface area (Å²) in [6, 6.07) is 23.3. The van der Waals surface area contributed by atoms with Crippen LogP contribution in [0.4, 0.5) is 17.8 Å². The topological polar surface area (TPSA) is 319 Å². The fourth-order valence-corrected chi connectivity index (χ4v) is 14.5. The zero-order valence-corrected chi connectivity index (χ0v) is 62.9. The van der Waals surface area contributed by atoms with Gasteiger partial charge in [0, 0.05) is 106 Å². The van der Waals surface area contributed by atoms with Gasteiger partial charge in [0.1, 0.15) is 17.5 Å². The number of para-hydroxylation sites is 3. The van der Waals surface area contributed by atoms with Gasteiger partial charge in [0.15, 0.2) is 33.5 Å². The molecule has 4 N–H and O–H groups in total. The number of benzene rings is 3. The highest BCUT2D eigenvalue weighted by Gasteiger charge is 2.30. The van der Waals surface area contributed by atoms with E-state index in [1.165, 1.54) is 33.8 Å². The van der Waals surface area contributed by atoms with E-state index in [1.54, 1.807) is 39.6 Å². The van der Waals surface area contributed by atoms with Crippen molar-refractivity contribution in [3.8, 4) is 23.7 Å². The number of hydrogen-bond acceptors (Lipinski definition) is 20. The predicted octanol–water partition coefficient (Wildman–Crippen LogP) is 6.26. The molecule has 0 spiro atoms. The van der Waals surface area contributed by atoms with Gasteiger partial charge in [0.05, 0.1) is 49.3 Å². The van der Waals surface area contributed by atoms with Crippen molar-refractivity contribution in [3.05, 3.63) is 180 Å². The zero-order chi connectivity index (χ0) is 74.8. The van der Waals surface area contributed by atoms with E-state index in [-0.39, 0.29) is 38.3 Å². The van der Waals surface area contributed by atoms with Crippen LogP contribution in [-0.4, -0.2) is 137 Å². The molecule has 30 heteroatoms. The van der Waals surface area contributed by atoms with E-state index in [0.717, 1.165) is 119 Å². The average Bonchev–Trinajstić information content (AvgIpc) is 1.59. The number of nitrogens with two attached hydrogens (primary N) is 1. The first-order valence-electron chi connectivity index (χ1n) is 35.7. The Labute approximate surface area is 617 Å². The summed E-state index contributed by atoms with van der Waals surface area (Å²) in [6.07, 6.45) is 8.15. The van der Waals surface area contributed by atoms with Crippen LogP contribution in [0.5, 0.6) is 0 Å². The highest BCUT2D eigenvalue weighted by molar-refractivity contribution is 9.11. The molecule has 29 nitrogen and oxygen atoms in total. The summed E-state index contributed by atoms with van der Waals surface area (Å²) in [5.41, 5.74) is 10.5. The molecule has 12 aromatic rings. The first-order chi connectivity index (χ1) is 51.1. The Morgan fingerprint density at radius 2 is 0.972 bits per heavy atom. The van der Waals surface area contributed by atoms with Crippen molar-refractivity contribution < 1.29 is 0 Å². The van der Waals surface area contributed by atoms with Crippen LogP contribution in [0.15, 0.2) is 112 Å². The van der Waals surface area contributed by atoms with E-state index in [4.69, 9.17) is 15.7 Å². The van der Waals surface area contributed by atoms with Crippen molar-refractivity contribution in [2.24, 2.45) is 32.8 Å². The summed E-state index contributed by atoms with van der Waals surface area (Å²) in [5.74, 6) is 15.6. The third kappa shape index (κ3) is 14.7. The molecule has 3 aromatic carbocycles. The molecule has 3 saturated heterocycles. The SMILES string of the molecule is C/C(Br)=C\Cn1c(N2CCC[C@@H](N)C2)nc2c1c(=O)n(Cc1nc(C)c3ccccc3n1)c(=O)n2C.CC#CCn1c(N2CCC[C@@H](C)C2)nc2c1c(=O)n(Cc1nc(C)c3ccccc3n1)c(=O)n2C.CC#CCn1c(N[C@@H]2CCCNC2)nc2c1c(=O)n(Cc1nc(C)c3ccccc3n1)c(=O)n2C. The van der Waals surface area contributed by atoms with E-state index >= 15 is 0 Å². The summed E-state index contributed by atoms with van der Waals surface area (Å²) in [6.45, 7) is 19.3. The Morgan fingerprint density at radius 1 is 0.547 bits per heavy atom. The maximum Gasteiger partial charge on any atom is 0.332 e. The number of aryl methyl sites for hydroxylation is 6. The molecule has 3 aliphatic heterocycles. The summed E-state index contributed by atoms with van der Waals surface area (Å²) in [7, 11) is 4.92. The third-order valence-electron chi connectivity index (χ3n) is 19.8. The number of nitrogens with zero attached hydrogens (tertiary/aromatic N) is 20. The van der Waals surface area contributed by atoms with Crippen molar-refractivity contribution in [2.45, 2.75) is 138 Å². The molecule has 106 heavy (non-hydrogen) atoms. The highest BCUT2D eigenvalue weighted by Crippen LogP contribution is 2.28. The number of aromatic nitrogens is 18. The monoisotopic (exact) mass is 1500 g/mol. The number of nitrogens with one attached hydrogen (secondary N) is 2. The minimum absolute atomic E-state index is 0.0200. The maximum atomic E-state index is 13.8. The van der Waals surface area contributed by atoms with Gasteiger partial charge in [0.25, 0.3) is 16.7 Å². The molecule has 0 unspecified atom stereocenters. The maximum absolute atomic E-state index is 13.8. The van der Waals surface area contributed by atoms with Gasteiger partial charge in [-0.05, 0) is 115 Å². The first-order valence-corrected chi connectivity index (χ1v) is 36.5. The van der Waals surface area contributed by atoms with Crippen LogP contribution in [-0.2, 0) is 60.4 Å². The molecule has 0 radical (unpaired) electrons. The summed E-state index contributed by atoms with van der Waals surface area (Å²) < 4.78 is 14.3. The molecule has 0 bridgehead atoms. The van der Waals surface area contributed by atoms with Gasteiger partial charge < -0.3 is 30.7 Å². The van der Waals surface area contributed by atoms with Crippen LogP contribution in [0.25, 0.3) is 66.2 Å². The van der Waals surface area contributed by atoms with Crippen molar-refractivity contribution in [3.63, 3.8) is 0 Å². The Balaban J connectivity index is 0.000000141. The molecule has 0 amide bonds. The minimum atomic E-state index is -0.464. The number of hydrogen-bond donors (Lipinski definition) is 3. The molecule has 12 heterocycles. The molecule has 3 atom stereocenters. The van der Waals surface area contributed by atoms with Gasteiger partial charge >= 0.3 is 17.1 Å². The number of rotatable bonds is 14. The molecule has 9 aromatic heterocycles. The molecule has 3 aliphatic rings. The van der Waals surface area contributed by atoms with Crippen LogP contribution in [0.2, 0.25) is 0 Å². The number of fused-ring (bicyclic) bond motifs is 6. The van der Waals surface area contributed by atoms with Crippen LogP contribution in [0, 0.1) is 50.4 Å². The van der Waals surface area contributed by atoms with Crippen LogP contribution in [0.3, 0.4) is 0 Å². The Morgan fingerprint density at radius 3 is 1.42 bits per heavy atom. The predicted molar refractivity (Wildman–Crippen MR) is 417 cm³/mol. The Hall–Kier alpha value is -11.2. The number of anilines is 3. The molecule has 15 rings (SSSR count). The van der Waals surface area contributed by atoms with Gasteiger partial charge in [-0.2, -0.15) is 15.0 Å². The van der Waals surface area contributed by atoms with Crippen LogP contribution < -0.4 is 59.9 Å². The smallest absolute Gasteiger partial charge is 0.332 e. The minimum Gasteiger partial charge on any atom is -0.352 e. The van der Waals surface area contributed by atoms with Crippen molar-refractivity contribution in [2.75, 3.05) is 54.4 Å². The van der Waals surface area contributed by atoms with Gasteiger partial charge in [0.2, 0.25) is 17.8 Å². The van der Waals surface area contributed by atoms with Crippen LogP contribution >= 0.6 is 15.9 Å². The second kappa shape index (κ2) is 31.2. The lowest BCUT2D eigenvalue weighted by molar-refractivity contribution is 0.439. The quantitative estimate of drug-likeness (QED) is 0.101. The number of halogens is 1. The fourth-order valence-electron chi connectivity index (χ4n) is 14.4. The summed E-state index contributed by atoms with van der Waals surface area (Å²) in [4.78, 5) is 127. The van der Waals surface area contributed by atoms with Gasteiger partial charge in [-0.1, -0.05) is 95.4 Å². The zero-order valence-electron chi connectivity index (χ0n) is 61.3. The second-order valence-electron chi connectivity index (χ2n) is 27.4. The average molecular weight is 1500 g/mol. The van der Waals surface area contributed by atoms with Crippen molar-refractivity contribution >= 4 is 100.0 Å². The lowest BCUT2D eigenvalue weighted by atomic mass is 10.0. The van der Waals surface area contributed by atoms with E-state index < -0.39 is 33.7 Å². The van der Waals surface area contributed by atoms with E-state index in [1.807, 2.05) is 116 Å². The molecule has 548 valence electrons. The van der Waals surface area contributed by atoms with Gasteiger partial charge in [-0.15, -0.1) is 11.8 Å². The Kier molecular flexibility index (Phi) is 21.5. The number of piperidine rings is 3. The first kappa shape index (κ1) is 73.1. The summed E-state index contributed by atoms with van der Waals surface area (Å²) >= 11 is 3.48. The van der Waals surface area contributed by atoms with Gasteiger partial charge in [-0.3, -0.25) is 50.9 Å². The second-order valence-corrected chi connectivity index (χ2v) is 28.6. The van der Waals surface area contributed by atoms with Gasteiger partial charge in [-0.25, -0.2) is 44.3 Å². The van der Waals surface area contributed by atoms with Crippen molar-refractivity contribution in [1.29, 1.82) is 0 Å². The lowest BCUT2D eigenvalue weighted by Gasteiger charge is -2.31. The fraction of sp³-hybridized carbons (Fsp3) is 0.408. The highest BCUT2D eigenvalue weighted by atomic mass is 79.9. The Bertz CT molecular complexity index is 5980. The summed E-state index contributed by atoms with van der Waals surface area (Å²) in [5, 5.41) is 9.66. The van der Waals surface area contributed by atoms with E-state index in [2.05, 4.69) is 102 Å². The lowest BCUT2D eigenvalue weighted by Crippen LogP contribution is -2.44. The number of allylic oxidation sites excluding steroid dienone is 2. The van der Waals surface area contributed by atoms with E-state index in [9.17, 15) is 28.8 Å². The standard InChI is InChI=1S/C26H29N7O2.C25H29BrN8O2.C25H28N8O2/c1-5-6-14-32-22-23(29-25(32)31-13-9-10-17(2)15-31)30(4)26(35)33(24(22)34)16-21-27-18(3)19-11-7-8-12-20(19)28-21;1-15(26)10-12-33-21-22(30-24(33)32-11-6-7-17(27)13-32)31(3)25(36)34(23(21)35)14-20-28-16(2)18-8-4-5-9-19(18)29-20;1-4-5-13-32-21-22(30-24(32)28-17-9-8-12-26-14-17)31(3)25(35)33(23(21)34)15-20-27-16(2)18-10-6-7-11-19(18)29-20/h7-8,11-12,17H,9-10,13-16H2,1-4H3;4-5,8-10,17H,6-7,11-14,27H2,1-3H3;6-7,10-11,17,26H,8-9,12-15H2,1-3H3,(H,28,30)/b;15-10+;/t3*17-/m111/s1. The molecular weight excluding hydrogens is 1410 g/mol. The van der Waals surface area contributed by atoms with Crippen LogP contribution in [0.1, 0.15) is 101 Å². The largest absolute Gasteiger partial charge is 0.352 e. The number of imidazole rings is 3. The van der Waals surface area contributed by atoms with Crippen molar-refractivity contribution in [1.82, 2.24) is 91.3 Å². The third-order valence-corrected chi connectivity index (χ3v) is 20.1.